The first-order valence-corrected chi connectivity index (χ1v) is 7.69. The molecule has 1 saturated heterocycles. The number of ether oxygens (including phenoxy) is 1. The zero-order chi connectivity index (χ0) is 18.0. The highest BCUT2D eigenvalue weighted by atomic mass is 16.5. The van der Waals surface area contributed by atoms with Gasteiger partial charge in [0.2, 0.25) is 5.91 Å². The minimum atomic E-state index is -1.28. The zero-order valence-corrected chi connectivity index (χ0v) is 13.3. The Morgan fingerprint density at radius 3 is 2.84 bits per heavy atom. The number of nitrogens with zero attached hydrogens (tertiary/aromatic N) is 2. The Kier molecular flexibility index (Phi) is 4.57. The highest BCUT2D eigenvalue weighted by Gasteiger charge is 2.35. The van der Waals surface area contributed by atoms with Gasteiger partial charge in [-0.15, -0.1) is 0 Å². The van der Waals surface area contributed by atoms with Crippen LogP contribution in [0.15, 0.2) is 30.7 Å². The fraction of sp³-hybridized carbons (Fsp3) is 0.312. The predicted octanol–water partition coefficient (Wildman–Crippen LogP) is -0.0269. The van der Waals surface area contributed by atoms with Crippen molar-refractivity contribution in [1.82, 2.24) is 14.9 Å². The number of rotatable bonds is 6. The van der Waals surface area contributed by atoms with Crippen LogP contribution < -0.4 is 10.5 Å². The molecule has 2 aromatic rings. The van der Waals surface area contributed by atoms with Crippen LogP contribution in [-0.4, -0.2) is 62.2 Å². The van der Waals surface area contributed by atoms with Crippen LogP contribution in [0.4, 0.5) is 0 Å². The largest absolute Gasteiger partial charge is 0.507 e. The van der Waals surface area contributed by atoms with E-state index in [9.17, 15) is 14.7 Å². The maximum atomic E-state index is 12.3. The standard InChI is InChI=1S/C16H18N4O5/c17-11(4-9-5-18-8-19-9)15(22)20-6-10(7-20)25-13-3-1-2-12(21)14(13)16(23)24/h1-3,5,8,10-11,21H,4,6-7,17H2,(H,18,19)(H,23,24)/t11-/m0/s1. The summed E-state index contributed by atoms with van der Waals surface area (Å²) in [5.41, 5.74) is 6.32. The molecule has 0 saturated carbocycles. The number of H-pyrrole nitrogens is 1. The van der Waals surface area contributed by atoms with Crippen molar-refractivity contribution in [3.8, 4) is 11.5 Å². The van der Waals surface area contributed by atoms with E-state index in [0.717, 1.165) is 0 Å². The highest BCUT2D eigenvalue weighted by Crippen LogP contribution is 2.29. The van der Waals surface area contributed by atoms with E-state index in [1.54, 1.807) is 11.1 Å². The van der Waals surface area contributed by atoms with E-state index in [-0.39, 0.29) is 29.1 Å². The number of amides is 1. The van der Waals surface area contributed by atoms with Crippen LogP contribution in [0.2, 0.25) is 0 Å². The number of phenols is 1. The number of aromatic amines is 1. The molecule has 1 aliphatic heterocycles. The second-order valence-corrected chi connectivity index (χ2v) is 5.81. The Morgan fingerprint density at radius 1 is 1.44 bits per heavy atom. The SMILES string of the molecule is N[C@@H](Cc1c[nH]cn1)C(=O)N1CC(Oc2cccc(O)c2C(=O)O)C1. The van der Waals surface area contributed by atoms with Crippen LogP contribution >= 0.6 is 0 Å². The van der Waals surface area contributed by atoms with Crippen molar-refractivity contribution in [1.29, 1.82) is 0 Å². The Bertz CT molecular complexity index is 771. The Labute approximate surface area is 143 Å². The zero-order valence-electron chi connectivity index (χ0n) is 13.3. The summed E-state index contributed by atoms with van der Waals surface area (Å²) < 4.78 is 5.60. The molecule has 1 aromatic heterocycles. The highest BCUT2D eigenvalue weighted by molar-refractivity contribution is 5.94. The van der Waals surface area contributed by atoms with Gasteiger partial charge in [-0.3, -0.25) is 4.79 Å². The number of carbonyl (C=O) groups excluding carboxylic acids is 1. The number of carboxylic acids is 1. The summed E-state index contributed by atoms with van der Waals surface area (Å²) in [6.45, 7) is 0.615. The van der Waals surface area contributed by atoms with Gasteiger partial charge in [-0.2, -0.15) is 0 Å². The first kappa shape index (κ1) is 16.8. The molecule has 9 heteroatoms. The van der Waals surface area contributed by atoms with Gasteiger partial charge in [0.1, 0.15) is 23.2 Å². The van der Waals surface area contributed by atoms with Gasteiger partial charge in [-0.25, -0.2) is 9.78 Å². The lowest BCUT2D eigenvalue weighted by molar-refractivity contribution is -0.141. The number of nitrogens with one attached hydrogen (secondary N) is 1. The van der Waals surface area contributed by atoms with Gasteiger partial charge >= 0.3 is 5.97 Å². The van der Waals surface area contributed by atoms with E-state index in [0.29, 0.717) is 25.2 Å². The number of benzene rings is 1. The monoisotopic (exact) mass is 346 g/mol. The summed E-state index contributed by atoms with van der Waals surface area (Å²) in [4.78, 5) is 31.9. The van der Waals surface area contributed by atoms with Gasteiger partial charge < -0.3 is 30.6 Å². The van der Waals surface area contributed by atoms with Crippen molar-refractivity contribution >= 4 is 11.9 Å². The number of hydrogen-bond acceptors (Lipinski definition) is 6. The molecule has 0 unspecified atom stereocenters. The number of aromatic nitrogens is 2. The Hall–Kier alpha value is -3.07. The van der Waals surface area contributed by atoms with Gasteiger partial charge in [0.05, 0.1) is 31.2 Å². The van der Waals surface area contributed by atoms with Crippen molar-refractivity contribution in [3.05, 3.63) is 42.0 Å². The van der Waals surface area contributed by atoms with Crippen molar-refractivity contribution in [2.45, 2.75) is 18.6 Å². The van der Waals surface area contributed by atoms with E-state index < -0.39 is 12.0 Å². The molecule has 1 fully saturated rings. The number of carboxylic acid groups (broad SMARTS) is 1. The minimum absolute atomic E-state index is 0.0745. The molecule has 5 N–H and O–H groups in total. The predicted molar refractivity (Wildman–Crippen MR) is 86.3 cm³/mol. The molecule has 9 nitrogen and oxygen atoms in total. The van der Waals surface area contributed by atoms with Crippen LogP contribution in [0.3, 0.4) is 0 Å². The second kappa shape index (κ2) is 6.81. The maximum absolute atomic E-state index is 12.3. The van der Waals surface area contributed by atoms with Gasteiger partial charge in [0.15, 0.2) is 0 Å². The van der Waals surface area contributed by atoms with Gasteiger partial charge in [-0.1, -0.05) is 6.07 Å². The van der Waals surface area contributed by atoms with E-state index in [2.05, 4.69) is 9.97 Å². The number of aromatic hydroxyl groups is 1. The fourth-order valence-corrected chi connectivity index (χ4v) is 2.65. The van der Waals surface area contributed by atoms with Crippen LogP contribution in [0.25, 0.3) is 0 Å². The van der Waals surface area contributed by atoms with E-state index in [1.807, 2.05) is 0 Å². The summed E-state index contributed by atoms with van der Waals surface area (Å²) in [5.74, 6) is -1.78. The maximum Gasteiger partial charge on any atom is 0.343 e. The summed E-state index contributed by atoms with van der Waals surface area (Å²) in [5, 5.41) is 18.8. The first-order valence-electron chi connectivity index (χ1n) is 7.69. The lowest BCUT2D eigenvalue weighted by atomic mass is 10.1. The van der Waals surface area contributed by atoms with E-state index in [4.69, 9.17) is 15.6 Å². The quantitative estimate of drug-likeness (QED) is 0.575. The fourth-order valence-electron chi connectivity index (χ4n) is 2.65. The van der Waals surface area contributed by atoms with Crippen molar-refractivity contribution in [2.24, 2.45) is 5.73 Å². The molecule has 3 rings (SSSR count). The average Bonchev–Trinajstić information content (AvgIpc) is 3.02. The van der Waals surface area contributed by atoms with Crippen LogP contribution in [0.5, 0.6) is 11.5 Å². The molecule has 2 heterocycles. The molecule has 0 aliphatic carbocycles. The van der Waals surface area contributed by atoms with Crippen molar-refractivity contribution in [2.75, 3.05) is 13.1 Å². The number of carbonyl (C=O) groups is 2. The molecular formula is C16H18N4O5. The van der Waals surface area contributed by atoms with E-state index >= 15 is 0 Å². The summed E-state index contributed by atoms with van der Waals surface area (Å²) in [6.07, 6.45) is 3.20. The number of likely N-dealkylation sites (tertiary alicyclic amines) is 1. The van der Waals surface area contributed by atoms with Crippen LogP contribution in [-0.2, 0) is 11.2 Å². The number of aromatic carboxylic acids is 1. The third-order valence-corrected chi connectivity index (χ3v) is 3.97. The molecule has 0 spiro atoms. The molecular weight excluding hydrogens is 328 g/mol. The van der Waals surface area contributed by atoms with E-state index in [1.165, 1.54) is 24.5 Å². The topological polar surface area (TPSA) is 142 Å². The lowest BCUT2D eigenvalue weighted by Gasteiger charge is -2.40. The Morgan fingerprint density at radius 2 is 2.20 bits per heavy atom. The van der Waals surface area contributed by atoms with Crippen molar-refractivity contribution < 1.29 is 24.5 Å². The molecule has 1 aliphatic rings. The Balaban J connectivity index is 1.55. The van der Waals surface area contributed by atoms with Crippen LogP contribution in [0, 0.1) is 0 Å². The smallest absolute Gasteiger partial charge is 0.343 e. The van der Waals surface area contributed by atoms with Crippen molar-refractivity contribution in [3.63, 3.8) is 0 Å². The number of imidazole rings is 1. The molecule has 1 aromatic carbocycles. The van der Waals surface area contributed by atoms with Gasteiger partial charge in [-0.05, 0) is 12.1 Å². The minimum Gasteiger partial charge on any atom is -0.507 e. The number of hydrogen-bond donors (Lipinski definition) is 4. The van der Waals surface area contributed by atoms with Crippen LogP contribution in [0.1, 0.15) is 16.1 Å². The summed E-state index contributed by atoms with van der Waals surface area (Å²) in [6, 6.07) is 3.55. The second-order valence-electron chi connectivity index (χ2n) is 5.81. The molecule has 1 amide bonds. The molecule has 25 heavy (non-hydrogen) atoms. The molecule has 1 atom stereocenters. The molecule has 132 valence electrons. The molecule has 0 bridgehead atoms. The van der Waals surface area contributed by atoms with Gasteiger partial charge in [0, 0.05) is 12.6 Å². The summed E-state index contributed by atoms with van der Waals surface area (Å²) >= 11 is 0. The first-order chi connectivity index (χ1) is 12.0. The third kappa shape index (κ3) is 3.56. The average molecular weight is 346 g/mol. The normalized spacial score (nSPS) is 15.5. The number of nitrogens with two attached hydrogens (primary N) is 1. The lowest BCUT2D eigenvalue weighted by Crippen LogP contribution is -2.60. The van der Waals surface area contributed by atoms with Gasteiger partial charge in [0.25, 0.3) is 0 Å². The summed E-state index contributed by atoms with van der Waals surface area (Å²) in [7, 11) is 0. The third-order valence-electron chi connectivity index (χ3n) is 3.97. The molecule has 0 radical (unpaired) electrons.